The van der Waals surface area contributed by atoms with Gasteiger partial charge in [0.15, 0.2) is 6.19 Å². The van der Waals surface area contributed by atoms with E-state index in [0.29, 0.717) is 30.2 Å². The molecule has 0 aromatic heterocycles. The first kappa shape index (κ1) is 29.0. The molecule has 4 N–H and O–H groups in total. The van der Waals surface area contributed by atoms with Crippen molar-refractivity contribution in [3.05, 3.63) is 131 Å². The predicted molar refractivity (Wildman–Crippen MR) is 157 cm³/mol. The Morgan fingerprint density at radius 1 is 0.854 bits per heavy atom. The van der Waals surface area contributed by atoms with Gasteiger partial charge in [0.2, 0.25) is 16.0 Å². The third kappa shape index (κ3) is 8.76. The number of aliphatic imine (C=N–C) groups is 1. The van der Waals surface area contributed by atoms with Gasteiger partial charge in [-0.1, -0.05) is 84.9 Å². The van der Waals surface area contributed by atoms with Crippen molar-refractivity contribution >= 4 is 27.6 Å². The molecule has 0 aliphatic heterocycles. The van der Waals surface area contributed by atoms with E-state index in [-0.39, 0.29) is 11.3 Å². The number of nitrogens with one attached hydrogen (secondary N) is 3. The highest BCUT2D eigenvalue weighted by Gasteiger charge is 2.24. The number of anilines is 1. The van der Waals surface area contributed by atoms with Crippen LogP contribution in [0.5, 0.6) is 0 Å². The van der Waals surface area contributed by atoms with E-state index in [1.807, 2.05) is 66.9 Å². The van der Waals surface area contributed by atoms with Crippen LogP contribution in [0.2, 0.25) is 0 Å². The van der Waals surface area contributed by atoms with Gasteiger partial charge >= 0.3 is 5.97 Å². The molecule has 0 aliphatic rings. The van der Waals surface area contributed by atoms with Crippen molar-refractivity contribution < 1.29 is 18.3 Å². The molecular formula is C31H29N5O4S. The molecule has 0 saturated heterocycles. The number of hydrogen-bond donors (Lipinski definition) is 4. The van der Waals surface area contributed by atoms with Crippen molar-refractivity contribution in [1.82, 2.24) is 10.0 Å². The Hall–Kier alpha value is -4.98. The van der Waals surface area contributed by atoms with E-state index in [0.717, 1.165) is 16.7 Å². The van der Waals surface area contributed by atoms with Crippen LogP contribution in [0, 0.1) is 11.5 Å². The van der Waals surface area contributed by atoms with Crippen molar-refractivity contribution in [2.24, 2.45) is 4.99 Å². The fourth-order valence-corrected chi connectivity index (χ4v) is 5.51. The molecular weight excluding hydrogens is 538 g/mol. The van der Waals surface area contributed by atoms with Crippen molar-refractivity contribution in [1.29, 1.82) is 5.26 Å². The number of aliphatic carboxylic acids is 1. The summed E-state index contributed by atoms with van der Waals surface area (Å²) in [5, 5.41) is 24.2. The lowest BCUT2D eigenvalue weighted by Gasteiger charge is -2.18. The largest absolute Gasteiger partial charge is 0.481 e. The number of guanidine groups is 1. The number of benzene rings is 4. The third-order valence-corrected chi connectivity index (χ3v) is 7.59. The van der Waals surface area contributed by atoms with Gasteiger partial charge < -0.3 is 10.4 Å². The summed E-state index contributed by atoms with van der Waals surface area (Å²) in [6.45, 7) is 0.393. The van der Waals surface area contributed by atoms with Crippen molar-refractivity contribution in [3.8, 4) is 6.19 Å². The van der Waals surface area contributed by atoms with E-state index in [9.17, 15) is 18.3 Å². The molecule has 1 unspecified atom stereocenters. The second-order valence-corrected chi connectivity index (χ2v) is 10.9. The number of carboxylic acid groups (broad SMARTS) is 1. The minimum absolute atomic E-state index is 0.0455. The van der Waals surface area contributed by atoms with Gasteiger partial charge in [0.25, 0.3) is 0 Å². The highest BCUT2D eigenvalue weighted by Crippen LogP contribution is 2.22. The summed E-state index contributed by atoms with van der Waals surface area (Å²) in [4.78, 5) is 15.9. The van der Waals surface area contributed by atoms with Crippen LogP contribution in [0.1, 0.15) is 34.7 Å². The molecule has 0 bridgehead atoms. The molecule has 1 atom stereocenters. The second kappa shape index (κ2) is 13.9. The number of nitrogens with zero attached hydrogens (tertiary/aromatic N) is 2. The first-order chi connectivity index (χ1) is 19.8. The molecule has 0 heterocycles. The summed E-state index contributed by atoms with van der Waals surface area (Å²) in [6, 6.07) is 31.5. The third-order valence-electron chi connectivity index (χ3n) is 6.12. The molecule has 0 aliphatic carbocycles. The number of sulfonamides is 1. The zero-order valence-electron chi connectivity index (χ0n) is 22.1. The van der Waals surface area contributed by atoms with Crippen LogP contribution in [-0.2, 0) is 27.8 Å². The summed E-state index contributed by atoms with van der Waals surface area (Å²) in [5.41, 5.74) is 3.94. The molecule has 0 spiro atoms. The van der Waals surface area contributed by atoms with Crippen LogP contribution in [0.15, 0.2) is 119 Å². The van der Waals surface area contributed by atoms with Crippen LogP contribution in [0.4, 0.5) is 5.69 Å². The highest BCUT2D eigenvalue weighted by atomic mass is 32.2. The SMILES string of the molecule is N#CNC(=NCc1ccccc1)Nc1cccc(Cc2cccc(S(=O)(=O)NC(CC(=O)O)c3ccccc3)c2)c1. The molecule has 0 radical (unpaired) electrons. The Bertz CT molecular complexity index is 1650. The smallest absolute Gasteiger partial charge is 0.305 e. The van der Waals surface area contributed by atoms with Crippen LogP contribution in [0.3, 0.4) is 0 Å². The summed E-state index contributed by atoms with van der Waals surface area (Å²) in [5.74, 6) is -0.802. The number of carbonyl (C=O) groups is 1. The number of nitriles is 1. The molecule has 208 valence electrons. The van der Waals surface area contributed by atoms with Gasteiger partial charge in [0.05, 0.1) is 23.9 Å². The maximum atomic E-state index is 13.2. The fraction of sp³-hybridized carbons (Fsp3) is 0.129. The normalized spacial score (nSPS) is 12.2. The van der Waals surface area contributed by atoms with Crippen LogP contribution in [0.25, 0.3) is 0 Å². The Morgan fingerprint density at radius 2 is 1.49 bits per heavy atom. The Balaban J connectivity index is 1.49. The molecule has 4 aromatic rings. The predicted octanol–water partition coefficient (Wildman–Crippen LogP) is 4.81. The van der Waals surface area contributed by atoms with Gasteiger partial charge in [-0.3, -0.25) is 10.1 Å². The standard InChI is InChI=1S/C31H29N5O4S/c32-22-34-31(33-21-23-9-3-1-4-10-23)35-27-15-7-11-24(18-27)17-25-12-8-16-28(19-25)41(39,40)36-29(20-30(37)38)26-13-5-2-6-14-26/h1-16,18-19,29,36H,17,20-21H2,(H,37,38)(H2,33,34,35). The fourth-order valence-electron chi connectivity index (χ4n) is 4.21. The van der Waals surface area contributed by atoms with Crippen LogP contribution in [-0.4, -0.2) is 25.5 Å². The average Bonchev–Trinajstić information content (AvgIpc) is 2.97. The van der Waals surface area contributed by atoms with E-state index in [1.54, 1.807) is 42.5 Å². The van der Waals surface area contributed by atoms with E-state index in [2.05, 4.69) is 20.3 Å². The second-order valence-electron chi connectivity index (χ2n) is 9.22. The quantitative estimate of drug-likeness (QED) is 0.0881. The molecule has 4 aromatic carbocycles. The van der Waals surface area contributed by atoms with Crippen molar-refractivity contribution in [2.75, 3.05) is 5.32 Å². The number of carboxylic acids is 1. The van der Waals surface area contributed by atoms with E-state index >= 15 is 0 Å². The lowest BCUT2D eigenvalue weighted by molar-refractivity contribution is -0.137. The van der Waals surface area contributed by atoms with Gasteiger partial charge in [-0.2, -0.15) is 5.26 Å². The van der Waals surface area contributed by atoms with Crippen LogP contribution < -0.4 is 15.4 Å². The summed E-state index contributed by atoms with van der Waals surface area (Å²) in [6.07, 6.45) is 1.95. The zero-order chi connectivity index (χ0) is 29.1. The van der Waals surface area contributed by atoms with Crippen molar-refractivity contribution in [2.45, 2.75) is 30.3 Å². The number of rotatable bonds is 11. The minimum atomic E-state index is -4.01. The number of hydrogen-bond acceptors (Lipinski definition) is 5. The summed E-state index contributed by atoms with van der Waals surface area (Å²) in [7, 11) is -4.01. The lowest BCUT2D eigenvalue weighted by Crippen LogP contribution is -2.30. The van der Waals surface area contributed by atoms with Gasteiger partial charge in [0, 0.05) is 5.69 Å². The van der Waals surface area contributed by atoms with Crippen LogP contribution >= 0.6 is 0 Å². The van der Waals surface area contributed by atoms with Gasteiger partial charge in [0.1, 0.15) is 0 Å². The first-order valence-corrected chi connectivity index (χ1v) is 14.3. The van der Waals surface area contributed by atoms with E-state index < -0.39 is 22.0 Å². The lowest BCUT2D eigenvalue weighted by atomic mass is 10.0. The average molecular weight is 568 g/mol. The Labute approximate surface area is 239 Å². The summed E-state index contributed by atoms with van der Waals surface area (Å²) < 4.78 is 29.0. The molecule has 4 rings (SSSR count). The first-order valence-electron chi connectivity index (χ1n) is 12.8. The monoisotopic (exact) mass is 567 g/mol. The Kier molecular flexibility index (Phi) is 9.83. The molecule has 0 amide bonds. The molecule has 0 saturated carbocycles. The highest BCUT2D eigenvalue weighted by molar-refractivity contribution is 7.89. The molecule has 9 nitrogen and oxygen atoms in total. The van der Waals surface area contributed by atoms with E-state index in [4.69, 9.17) is 5.26 Å². The van der Waals surface area contributed by atoms with Gasteiger partial charge in [-0.05, 0) is 52.9 Å². The minimum Gasteiger partial charge on any atom is -0.481 e. The maximum absolute atomic E-state index is 13.2. The van der Waals surface area contributed by atoms with Gasteiger partial charge in [-0.15, -0.1) is 0 Å². The zero-order valence-corrected chi connectivity index (χ0v) is 22.9. The molecule has 41 heavy (non-hydrogen) atoms. The summed E-state index contributed by atoms with van der Waals surface area (Å²) >= 11 is 0. The molecule has 0 fully saturated rings. The maximum Gasteiger partial charge on any atom is 0.305 e. The Morgan fingerprint density at radius 3 is 2.17 bits per heavy atom. The molecule has 10 heteroatoms. The van der Waals surface area contributed by atoms with E-state index in [1.165, 1.54) is 6.07 Å². The van der Waals surface area contributed by atoms with Crippen molar-refractivity contribution in [3.63, 3.8) is 0 Å². The van der Waals surface area contributed by atoms with Gasteiger partial charge in [-0.25, -0.2) is 18.1 Å². The topological polar surface area (TPSA) is 144 Å².